The van der Waals surface area contributed by atoms with E-state index in [9.17, 15) is 4.79 Å². The maximum absolute atomic E-state index is 12.1. The summed E-state index contributed by atoms with van der Waals surface area (Å²) in [6.07, 6.45) is 1.73. The molecule has 162 valence electrons. The minimum atomic E-state index is 0.0262. The minimum absolute atomic E-state index is 0.0262. The first kappa shape index (κ1) is 23.3. The van der Waals surface area contributed by atoms with Gasteiger partial charge in [0.05, 0.1) is 0 Å². The highest BCUT2D eigenvalue weighted by molar-refractivity contribution is 5.94. The normalized spacial score (nSPS) is 11.2. The van der Waals surface area contributed by atoms with Crippen LogP contribution in [0.15, 0.2) is 53.5 Å². The Balaban J connectivity index is 1.86. The van der Waals surface area contributed by atoms with Gasteiger partial charge in [-0.05, 0) is 55.2 Å². The number of anilines is 1. The van der Waals surface area contributed by atoms with E-state index in [1.807, 2.05) is 32.3 Å². The van der Waals surface area contributed by atoms with Gasteiger partial charge in [-0.25, -0.2) is 0 Å². The van der Waals surface area contributed by atoms with Gasteiger partial charge < -0.3 is 20.4 Å². The molecule has 0 heterocycles. The van der Waals surface area contributed by atoms with Gasteiger partial charge in [-0.1, -0.05) is 24.3 Å². The minimum Gasteiger partial charge on any atom is -0.378 e. The molecule has 6 heteroatoms. The van der Waals surface area contributed by atoms with Gasteiger partial charge in [-0.3, -0.25) is 9.79 Å². The van der Waals surface area contributed by atoms with Gasteiger partial charge in [0.2, 0.25) is 0 Å². The van der Waals surface area contributed by atoms with Crippen molar-refractivity contribution in [2.24, 2.45) is 4.99 Å². The van der Waals surface area contributed by atoms with Crippen LogP contribution < -0.4 is 15.5 Å². The largest absolute Gasteiger partial charge is 0.378 e. The molecule has 0 aromatic heterocycles. The third-order valence-corrected chi connectivity index (χ3v) is 4.75. The fraction of sp³-hybridized carbons (Fsp3) is 0.417. The summed E-state index contributed by atoms with van der Waals surface area (Å²) in [6, 6.07) is 16.4. The molecule has 0 spiro atoms. The Hall–Kier alpha value is -3.02. The van der Waals surface area contributed by atoms with Crippen molar-refractivity contribution in [3.63, 3.8) is 0 Å². The summed E-state index contributed by atoms with van der Waals surface area (Å²) in [5.41, 5.74) is 4.33. The molecule has 0 aliphatic heterocycles. The number of aliphatic imine (C=N–C) groups is 1. The molecule has 0 unspecified atom stereocenters. The molecule has 30 heavy (non-hydrogen) atoms. The monoisotopic (exact) mass is 409 g/mol. The van der Waals surface area contributed by atoms with E-state index in [-0.39, 0.29) is 5.91 Å². The van der Waals surface area contributed by atoms with Crippen molar-refractivity contribution < 1.29 is 4.79 Å². The van der Waals surface area contributed by atoms with Crippen molar-refractivity contribution in [2.75, 3.05) is 52.7 Å². The van der Waals surface area contributed by atoms with Crippen molar-refractivity contribution in [1.29, 1.82) is 0 Å². The summed E-state index contributed by atoms with van der Waals surface area (Å²) in [4.78, 5) is 20.5. The number of hydrogen-bond acceptors (Lipinski definition) is 3. The zero-order valence-electron chi connectivity index (χ0n) is 18.9. The van der Waals surface area contributed by atoms with Crippen molar-refractivity contribution in [3.8, 4) is 0 Å². The number of nitrogens with zero attached hydrogens (tertiary/aromatic N) is 3. The van der Waals surface area contributed by atoms with E-state index in [1.165, 1.54) is 11.3 Å². The molecule has 0 atom stereocenters. The topological polar surface area (TPSA) is 60.0 Å². The maximum Gasteiger partial charge on any atom is 0.253 e. The van der Waals surface area contributed by atoms with Gasteiger partial charge >= 0.3 is 0 Å². The molecule has 0 saturated carbocycles. The van der Waals surface area contributed by atoms with Gasteiger partial charge in [0, 0.05) is 59.1 Å². The van der Waals surface area contributed by atoms with Gasteiger partial charge in [-0.15, -0.1) is 0 Å². The Kier molecular flexibility index (Phi) is 9.19. The number of carbonyl (C=O) groups excluding carboxylic acids is 1. The lowest BCUT2D eigenvalue weighted by Gasteiger charge is -2.13. The summed E-state index contributed by atoms with van der Waals surface area (Å²) in [5.74, 6) is 0.848. The molecular weight excluding hydrogens is 374 g/mol. The van der Waals surface area contributed by atoms with Crippen molar-refractivity contribution in [2.45, 2.75) is 19.8 Å². The standard InChI is InChI=1S/C24H35N5O/c1-6-25-24(26-16-14-19-10-12-22(13-11-19)28(2)3)27-17-15-20-8-7-9-21(18-20)23(30)29(4)5/h7-13,18H,6,14-17H2,1-5H3,(H2,25,26,27). The molecule has 2 aromatic carbocycles. The predicted octanol–water partition coefficient (Wildman–Crippen LogP) is 2.79. The number of carbonyl (C=O) groups is 1. The van der Waals surface area contributed by atoms with E-state index in [2.05, 4.69) is 57.8 Å². The Labute approximate surface area is 181 Å². The molecule has 2 aromatic rings. The van der Waals surface area contributed by atoms with E-state index in [0.717, 1.165) is 49.6 Å². The Morgan fingerprint density at radius 2 is 1.67 bits per heavy atom. The van der Waals surface area contributed by atoms with Crippen LogP contribution in [0.3, 0.4) is 0 Å². The van der Waals surface area contributed by atoms with E-state index in [0.29, 0.717) is 0 Å². The zero-order valence-corrected chi connectivity index (χ0v) is 18.9. The highest BCUT2D eigenvalue weighted by Crippen LogP contribution is 2.12. The van der Waals surface area contributed by atoms with Gasteiger partial charge in [0.25, 0.3) is 5.91 Å². The van der Waals surface area contributed by atoms with Crippen molar-refractivity contribution >= 4 is 17.6 Å². The first-order valence-corrected chi connectivity index (χ1v) is 10.5. The summed E-state index contributed by atoms with van der Waals surface area (Å²) in [5, 5.41) is 6.68. The first-order chi connectivity index (χ1) is 14.4. The fourth-order valence-corrected chi connectivity index (χ4v) is 3.04. The molecule has 2 N–H and O–H groups in total. The lowest BCUT2D eigenvalue weighted by Crippen LogP contribution is -2.38. The van der Waals surface area contributed by atoms with Crippen LogP contribution in [0, 0.1) is 0 Å². The van der Waals surface area contributed by atoms with E-state index in [4.69, 9.17) is 0 Å². The van der Waals surface area contributed by atoms with E-state index in [1.54, 1.807) is 19.0 Å². The second kappa shape index (κ2) is 11.9. The van der Waals surface area contributed by atoms with Crippen LogP contribution in [-0.4, -0.2) is 64.6 Å². The number of nitrogens with one attached hydrogen (secondary N) is 2. The van der Waals surface area contributed by atoms with Crippen LogP contribution in [-0.2, 0) is 12.8 Å². The second-order valence-corrected chi connectivity index (χ2v) is 7.65. The lowest BCUT2D eigenvalue weighted by molar-refractivity contribution is 0.0827. The maximum atomic E-state index is 12.1. The van der Waals surface area contributed by atoms with Gasteiger partial charge in [0.15, 0.2) is 5.96 Å². The van der Waals surface area contributed by atoms with E-state index < -0.39 is 0 Å². The summed E-state index contributed by atoms with van der Waals surface area (Å²) in [6.45, 7) is 4.36. The number of rotatable bonds is 9. The Morgan fingerprint density at radius 1 is 0.933 bits per heavy atom. The Bertz CT molecular complexity index is 828. The second-order valence-electron chi connectivity index (χ2n) is 7.65. The van der Waals surface area contributed by atoms with Crippen LogP contribution in [0.5, 0.6) is 0 Å². The Morgan fingerprint density at radius 3 is 2.30 bits per heavy atom. The number of benzene rings is 2. The van der Waals surface area contributed by atoms with Gasteiger partial charge in [0.1, 0.15) is 0 Å². The van der Waals surface area contributed by atoms with Crippen LogP contribution in [0.4, 0.5) is 5.69 Å². The smallest absolute Gasteiger partial charge is 0.253 e. The predicted molar refractivity (Wildman–Crippen MR) is 127 cm³/mol. The lowest BCUT2D eigenvalue weighted by atomic mass is 10.1. The zero-order chi connectivity index (χ0) is 21.9. The molecule has 0 saturated heterocycles. The number of guanidine groups is 1. The van der Waals surface area contributed by atoms with Gasteiger partial charge in [-0.2, -0.15) is 0 Å². The van der Waals surface area contributed by atoms with Crippen molar-refractivity contribution in [1.82, 2.24) is 15.5 Å². The molecule has 1 amide bonds. The van der Waals surface area contributed by atoms with Crippen LogP contribution in [0.1, 0.15) is 28.4 Å². The SMILES string of the molecule is CCNC(=NCCc1ccc(N(C)C)cc1)NCCc1cccc(C(=O)N(C)C)c1. The number of hydrogen-bond donors (Lipinski definition) is 2. The van der Waals surface area contributed by atoms with Crippen LogP contribution in [0.2, 0.25) is 0 Å². The highest BCUT2D eigenvalue weighted by atomic mass is 16.2. The molecule has 0 radical (unpaired) electrons. The number of amides is 1. The summed E-state index contributed by atoms with van der Waals surface area (Å²) < 4.78 is 0. The summed E-state index contributed by atoms with van der Waals surface area (Å²) in [7, 11) is 7.63. The highest BCUT2D eigenvalue weighted by Gasteiger charge is 2.08. The van der Waals surface area contributed by atoms with E-state index >= 15 is 0 Å². The average Bonchev–Trinajstić information content (AvgIpc) is 2.73. The molecule has 0 fully saturated rings. The molecular formula is C24H35N5O. The van der Waals surface area contributed by atoms with Crippen molar-refractivity contribution in [3.05, 3.63) is 65.2 Å². The first-order valence-electron chi connectivity index (χ1n) is 10.5. The molecule has 6 nitrogen and oxygen atoms in total. The van der Waals surface area contributed by atoms with Crippen LogP contribution in [0.25, 0.3) is 0 Å². The van der Waals surface area contributed by atoms with Crippen LogP contribution >= 0.6 is 0 Å². The quantitative estimate of drug-likeness (QED) is 0.494. The molecule has 0 aliphatic rings. The molecule has 0 aliphatic carbocycles. The molecule has 2 rings (SSSR count). The third-order valence-electron chi connectivity index (χ3n) is 4.75. The summed E-state index contributed by atoms with van der Waals surface area (Å²) >= 11 is 0. The average molecular weight is 410 g/mol. The fourth-order valence-electron chi connectivity index (χ4n) is 3.04. The third kappa shape index (κ3) is 7.43. The molecule has 0 bridgehead atoms.